The third-order valence-corrected chi connectivity index (χ3v) is 4.07. The summed E-state index contributed by atoms with van der Waals surface area (Å²) in [4.78, 5) is 12.1. The number of pyridine rings is 1. The molecule has 0 saturated heterocycles. The zero-order valence-electron chi connectivity index (χ0n) is 12.2. The second-order valence-corrected chi connectivity index (χ2v) is 5.82. The van der Waals surface area contributed by atoms with Gasteiger partial charge in [0.25, 0.3) is 5.91 Å². The Balaban J connectivity index is 1.57. The zero-order chi connectivity index (χ0) is 16.2. The molecule has 0 saturated carbocycles. The molecular formula is C16H14Cl2N4O. The van der Waals surface area contributed by atoms with Gasteiger partial charge in [-0.3, -0.25) is 9.20 Å². The van der Waals surface area contributed by atoms with Crippen molar-refractivity contribution < 1.29 is 4.79 Å². The Morgan fingerprint density at radius 1 is 1.09 bits per heavy atom. The number of amides is 1. The first-order chi connectivity index (χ1) is 11.2. The molecule has 0 unspecified atom stereocenters. The molecule has 1 aromatic carbocycles. The van der Waals surface area contributed by atoms with Crippen LogP contribution in [0.1, 0.15) is 22.6 Å². The van der Waals surface area contributed by atoms with Crippen LogP contribution in [0.25, 0.3) is 5.65 Å². The van der Waals surface area contributed by atoms with Gasteiger partial charge in [-0.2, -0.15) is 0 Å². The number of aryl methyl sites for hydroxylation is 1. The minimum atomic E-state index is -0.272. The van der Waals surface area contributed by atoms with Crippen molar-refractivity contribution in [1.29, 1.82) is 0 Å². The number of fused-ring (bicyclic) bond motifs is 1. The van der Waals surface area contributed by atoms with Crippen molar-refractivity contribution in [2.45, 2.75) is 12.8 Å². The molecule has 2 aromatic heterocycles. The summed E-state index contributed by atoms with van der Waals surface area (Å²) < 4.78 is 1.94. The molecule has 0 aliphatic carbocycles. The molecule has 0 radical (unpaired) electrons. The van der Waals surface area contributed by atoms with Crippen LogP contribution in [0.4, 0.5) is 0 Å². The Hall–Kier alpha value is -2.11. The van der Waals surface area contributed by atoms with Gasteiger partial charge >= 0.3 is 0 Å². The van der Waals surface area contributed by atoms with Gasteiger partial charge in [-0.25, -0.2) is 0 Å². The molecule has 118 valence electrons. The minimum absolute atomic E-state index is 0.272. The number of nitrogens with zero attached hydrogens (tertiary/aromatic N) is 3. The standard InChI is InChI=1S/C16H14Cl2N4O/c17-11-5-3-6-12(18)15(11)16(23)19-9-4-8-14-21-20-13-7-1-2-10-22(13)14/h1-3,5-7,10H,4,8-9H2,(H,19,23). The summed E-state index contributed by atoms with van der Waals surface area (Å²) in [6.45, 7) is 0.502. The molecule has 0 aliphatic rings. The number of halogens is 2. The lowest BCUT2D eigenvalue weighted by atomic mass is 10.2. The molecule has 0 fully saturated rings. The van der Waals surface area contributed by atoms with Crippen molar-refractivity contribution in [1.82, 2.24) is 19.9 Å². The largest absolute Gasteiger partial charge is 0.352 e. The maximum absolute atomic E-state index is 12.1. The van der Waals surface area contributed by atoms with Crippen molar-refractivity contribution in [3.05, 3.63) is 64.0 Å². The molecule has 0 spiro atoms. The highest BCUT2D eigenvalue weighted by Gasteiger charge is 2.13. The number of rotatable bonds is 5. The second kappa shape index (κ2) is 6.98. The van der Waals surface area contributed by atoms with E-state index in [4.69, 9.17) is 23.2 Å². The SMILES string of the molecule is O=C(NCCCc1nnc2ccccn12)c1c(Cl)cccc1Cl. The van der Waals surface area contributed by atoms with Gasteiger partial charge in [0, 0.05) is 19.2 Å². The van der Waals surface area contributed by atoms with Gasteiger partial charge < -0.3 is 5.32 Å². The lowest BCUT2D eigenvalue weighted by molar-refractivity contribution is 0.0953. The molecule has 0 atom stereocenters. The molecule has 5 nitrogen and oxygen atoms in total. The number of aromatic nitrogens is 3. The summed E-state index contributed by atoms with van der Waals surface area (Å²) >= 11 is 12.0. The Bertz CT molecular complexity index is 827. The van der Waals surface area contributed by atoms with E-state index in [0.717, 1.165) is 17.9 Å². The fourth-order valence-electron chi connectivity index (χ4n) is 2.31. The van der Waals surface area contributed by atoms with Crippen molar-refractivity contribution in [3.8, 4) is 0 Å². The third kappa shape index (κ3) is 3.46. The lowest BCUT2D eigenvalue weighted by Gasteiger charge is -2.08. The molecular weight excluding hydrogens is 335 g/mol. The fourth-order valence-corrected chi connectivity index (χ4v) is 2.88. The molecule has 23 heavy (non-hydrogen) atoms. The second-order valence-electron chi connectivity index (χ2n) is 5.00. The first-order valence-electron chi connectivity index (χ1n) is 7.17. The van der Waals surface area contributed by atoms with Crippen molar-refractivity contribution in [2.24, 2.45) is 0 Å². The van der Waals surface area contributed by atoms with Crippen LogP contribution in [0.5, 0.6) is 0 Å². The molecule has 3 aromatic rings. The number of nitrogens with one attached hydrogen (secondary N) is 1. The highest BCUT2D eigenvalue weighted by molar-refractivity contribution is 6.39. The van der Waals surface area contributed by atoms with E-state index in [1.165, 1.54) is 0 Å². The van der Waals surface area contributed by atoms with Gasteiger partial charge in [-0.15, -0.1) is 10.2 Å². The summed E-state index contributed by atoms with van der Waals surface area (Å²) in [5, 5.41) is 11.8. The van der Waals surface area contributed by atoms with Crippen LogP contribution in [-0.2, 0) is 6.42 Å². The van der Waals surface area contributed by atoms with Crippen LogP contribution in [0.15, 0.2) is 42.6 Å². The molecule has 1 amide bonds. The van der Waals surface area contributed by atoms with Crippen molar-refractivity contribution in [3.63, 3.8) is 0 Å². The number of carbonyl (C=O) groups is 1. The van der Waals surface area contributed by atoms with E-state index in [2.05, 4.69) is 15.5 Å². The summed E-state index contributed by atoms with van der Waals surface area (Å²) in [6, 6.07) is 10.7. The summed E-state index contributed by atoms with van der Waals surface area (Å²) in [5.74, 6) is 0.595. The van der Waals surface area contributed by atoms with Crippen LogP contribution in [0.2, 0.25) is 10.0 Å². The van der Waals surface area contributed by atoms with Crippen molar-refractivity contribution in [2.75, 3.05) is 6.54 Å². The van der Waals surface area contributed by atoms with Crippen LogP contribution in [0, 0.1) is 0 Å². The average Bonchev–Trinajstić information content (AvgIpc) is 2.95. The van der Waals surface area contributed by atoms with Crippen LogP contribution in [0.3, 0.4) is 0 Å². The zero-order valence-corrected chi connectivity index (χ0v) is 13.7. The molecule has 3 rings (SSSR count). The van der Waals surface area contributed by atoms with E-state index in [1.54, 1.807) is 18.2 Å². The highest BCUT2D eigenvalue weighted by Crippen LogP contribution is 2.23. The Kier molecular flexibility index (Phi) is 4.79. The Morgan fingerprint density at radius 2 is 1.87 bits per heavy atom. The van der Waals surface area contributed by atoms with E-state index >= 15 is 0 Å². The van der Waals surface area contributed by atoms with Crippen LogP contribution >= 0.6 is 23.2 Å². The van der Waals surface area contributed by atoms with E-state index in [9.17, 15) is 4.79 Å². The predicted molar refractivity (Wildman–Crippen MR) is 90.1 cm³/mol. The van der Waals surface area contributed by atoms with Gasteiger partial charge in [0.1, 0.15) is 5.82 Å². The van der Waals surface area contributed by atoms with Gasteiger partial charge in [0.05, 0.1) is 15.6 Å². The maximum Gasteiger partial charge on any atom is 0.254 e. The predicted octanol–water partition coefficient (Wildman–Crippen LogP) is 3.40. The summed E-state index contributed by atoms with van der Waals surface area (Å²) in [5.41, 5.74) is 1.12. The van der Waals surface area contributed by atoms with E-state index in [-0.39, 0.29) is 5.91 Å². The van der Waals surface area contributed by atoms with E-state index in [0.29, 0.717) is 28.6 Å². The minimum Gasteiger partial charge on any atom is -0.352 e. The highest BCUT2D eigenvalue weighted by atomic mass is 35.5. The quantitative estimate of drug-likeness (QED) is 0.719. The van der Waals surface area contributed by atoms with Crippen molar-refractivity contribution >= 4 is 34.8 Å². The monoisotopic (exact) mass is 348 g/mol. The first-order valence-corrected chi connectivity index (χ1v) is 7.93. The van der Waals surface area contributed by atoms with E-state index < -0.39 is 0 Å². The molecule has 1 N–H and O–H groups in total. The summed E-state index contributed by atoms with van der Waals surface area (Å²) in [7, 11) is 0. The van der Waals surface area contributed by atoms with Gasteiger partial charge in [0.2, 0.25) is 0 Å². The van der Waals surface area contributed by atoms with Crippen LogP contribution in [-0.4, -0.2) is 27.0 Å². The fraction of sp³-hybridized carbons (Fsp3) is 0.188. The Morgan fingerprint density at radius 3 is 2.65 bits per heavy atom. The summed E-state index contributed by atoms with van der Waals surface area (Å²) in [6.07, 6.45) is 3.37. The van der Waals surface area contributed by atoms with Gasteiger partial charge in [0.15, 0.2) is 5.65 Å². The maximum atomic E-state index is 12.1. The topological polar surface area (TPSA) is 59.3 Å². The number of benzene rings is 1. The lowest BCUT2D eigenvalue weighted by Crippen LogP contribution is -2.25. The molecule has 2 heterocycles. The number of hydrogen-bond donors (Lipinski definition) is 1. The smallest absolute Gasteiger partial charge is 0.254 e. The molecule has 0 bridgehead atoms. The van der Waals surface area contributed by atoms with Crippen LogP contribution < -0.4 is 5.32 Å². The molecule has 7 heteroatoms. The van der Waals surface area contributed by atoms with Gasteiger partial charge in [-0.05, 0) is 30.7 Å². The normalized spacial score (nSPS) is 10.9. The number of carbonyl (C=O) groups excluding carboxylic acids is 1. The molecule has 0 aliphatic heterocycles. The first kappa shape index (κ1) is 15.8. The Labute approximate surface area is 143 Å². The average molecular weight is 349 g/mol. The van der Waals surface area contributed by atoms with E-state index in [1.807, 2.05) is 28.8 Å². The third-order valence-electron chi connectivity index (χ3n) is 3.44. The number of hydrogen-bond acceptors (Lipinski definition) is 3. The van der Waals surface area contributed by atoms with Gasteiger partial charge in [-0.1, -0.05) is 35.3 Å².